The third-order valence-corrected chi connectivity index (χ3v) is 7.02. The van der Waals surface area contributed by atoms with E-state index in [1.807, 2.05) is 23.1 Å². The first kappa shape index (κ1) is 23.8. The molecule has 190 valence electrons. The largest absolute Gasteiger partial charge is 0.476 e. The third kappa shape index (κ3) is 4.18. The molecule has 2 amide bonds. The molecule has 1 saturated heterocycles. The molecule has 11 nitrogen and oxygen atoms in total. The highest BCUT2D eigenvalue weighted by Gasteiger charge is 2.36. The van der Waals surface area contributed by atoms with Crippen LogP contribution in [0.4, 0.5) is 5.69 Å². The van der Waals surface area contributed by atoms with Gasteiger partial charge in [-0.3, -0.25) is 23.5 Å². The Kier molecular flexibility index (Phi) is 6.38. The van der Waals surface area contributed by atoms with E-state index in [4.69, 9.17) is 4.74 Å². The quantitative estimate of drug-likeness (QED) is 0.524. The highest BCUT2D eigenvalue weighted by molar-refractivity contribution is 5.97. The molecule has 1 aromatic carbocycles. The zero-order valence-electron chi connectivity index (χ0n) is 20.6. The van der Waals surface area contributed by atoms with Crippen molar-refractivity contribution in [2.24, 2.45) is 14.1 Å². The summed E-state index contributed by atoms with van der Waals surface area (Å²) in [4.78, 5) is 59.0. The van der Waals surface area contributed by atoms with Gasteiger partial charge in [0.25, 0.3) is 11.5 Å². The van der Waals surface area contributed by atoms with E-state index >= 15 is 0 Å². The molecule has 1 fully saturated rings. The maximum atomic E-state index is 13.3. The van der Waals surface area contributed by atoms with Gasteiger partial charge in [0, 0.05) is 40.2 Å². The van der Waals surface area contributed by atoms with Crippen molar-refractivity contribution < 1.29 is 14.3 Å². The Bertz CT molecular complexity index is 1430. The number of amides is 2. The summed E-state index contributed by atoms with van der Waals surface area (Å²) in [5, 5.41) is 0. The molecule has 0 saturated carbocycles. The Balaban J connectivity index is 1.31. The molecule has 2 aromatic heterocycles. The van der Waals surface area contributed by atoms with Crippen molar-refractivity contribution in [3.8, 4) is 5.75 Å². The molecule has 5 rings (SSSR count). The highest BCUT2D eigenvalue weighted by Crippen LogP contribution is 2.34. The normalized spacial score (nSPS) is 17.7. The van der Waals surface area contributed by atoms with Crippen LogP contribution in [0.15, 0.2) is 40.2 Å². The van der Waals surface area contributed by atoms with Crippen LogP contribution in [0, 0.1) is 0 Å². The number of anilines is 1. The number of carbonyl (C=O) groups is 2. The molecule has 0 unspecified atom stereocenters. The second kappa shape index (κ2) is 9.63. The molecule has 0 aliphatic carbocycles. The number of para-hydroxylation sites is 2. The number of hydrogen-bond acceptors (Lipinski definition) is 6. The molecule has 2 aliphatic heterocycles. The van der Waals surface area contributed by atoms with E-state index in [9.17, 15) is 19.2 Å². The Morgan fingerprint density at radius 2 is 1.81 bits per heavy atom. The van der Waals surface area contributed by atoms with Crippen LogP contribution in [0.5, 0.6) is 5.75 Å². The lowest BCUT2D eigenvalue weighted by molar-refractivity contribution is -0.139. The zero-order chi connectivity index (χ0) is 25.4. The lowest BCUT2D eigenvalue weighted by atomic mass is 10.1. The monoisotopic (exact) mass is 494 g/mol. The van der Waals surface area contributed by atoms with Gasteiger partial charge in [0.2, 0.25) is 5.91 Å². The van der Waals surface area contributed by atoms with Crippen LogP contribution in [0.25, 0.3) is 11.2 Å². The van der Waals surface area contributed by atoms with E-state index in [1.165, 1.54) is 17.9 Å². The number of hydrogen-bond donors (Lipinski definition) is 0. The SMILES string of the molecule is Cn1c(=O)c2c(ncn2CCCC(=O)N2C[C@H](C(=O)N3CCCCC3)Oc3ccccc32)n(C)c1=O. The number of piperidine rings is 1. The standard InChI is InChI=1S/C25H30N6O5/c1-27-22-21(24(34)28(2)25(27)35)30(16-26-22)14-8-11-20(32)31-15-19(23(33)29-12-6-3-7-13-29)36-18-10-5-4-9-17(18)31/h4-5,9-10,16,19H,3,6-8,11-15H2,1-2H3/t19-/m1/s1. The van der Waals surface area contributed by atoms with Crippen molar-refractivity contribution >= 4 is 28.7 Å². The minimum atomic E-state index is -0.733. The first-order chi connectivity index (χ1) is 17.4. The Labute approximate surface area is 207 Å². The van der Waals surface area contributed by atoms with E-state index in [-0.39, 0.29) is 24.8 Å². The second-order valence-corrected chi connectivity index (χ2v) is 9.38. The summed E-state index contributed by atoms with van der Waals surface area (Å²) in [5.41, 5.74) is 0.444. The molecule has 36 heavy (non-hydrogen) atoms. The number of carbonyl (C=O) groups excluding carboxylic acids is 2. The lowest BCUT2D eigenvalue weighted by Gasteiger charge is -2.37. The van der Waals surface area contributed by atoms with Crippen molar-refractivity contribution in [3.05, 3.63) is 51.4 Å². The van der Waals surface area contributed by atoms with Crippen molar-refractivity contribution in [2.75, 3.05) is 24.5 Å². The molecule has 0 N–H and O–H groups in total. The minimum absolute atomic E-state index is 0.0756. The van der Waals surface area contributed by atoms with Gasteiger partial charge in [0.1, 0.15) is 5.75 Å². The van der Waals surface area contributed by atoms with E-state index in [0.29, 0.717) is 35.6 Å². The molecule has 3 aromatic rings. The fourth-order valence-electron chi connectivity index (χ4n) is 5.02. The molecular formula is C25H30N6O5. The number of fused-ring (bicyclic) bond motifs is 2. The van der Waals surface area contributed by atoms with Crippen molar-refractivity contribution in [1.29, 1.82) is 0 Å². The summed E-state index contributed by atoms with van der Waals surface area (Å²) in [6.07, 6.45) is 4.55. The van der Waals surface area contributed by atoms with Gasteiger partial charge in [-0.15, -0.1) is 0 Å². The summed E-state index contributed by atoms with van der Waals surface area (Å²) >= 11 is 0. The number of benzene rings is 1. The predicted octanol–water partition coefficient (Wildman–Crippen LogP) is 1.02. The van der Waals surface area contributed by atoms with Crippen molar-refractivity contribution in [1.82, 2.24) is 23.6 Å². The molecule has 4 heterocycles. The van der Waals surface area contributed by atoms with Crippen LogP contribution >= 0.6 is 0 Å². The molecule has 0 bridgehead atoms. The highest BCUT2D eigenvalue weighted by atomic mass is 16.5. The summed E-state index contributed by atoms with van der Waals surface area (Å²) in [7, 11) is 3.00. The number of ether oxygens (including phenoxy) is 1. The van der Waals surface area contributed by atoms with Gasteiger partial charge in [-0.25, -0.2) is 9.78 Å². The number of imidazole rings is 1. The number of likely N-dealkylation sites (tertiary alicyclic amines) is 1. The van der Waals surface area contributed by atoms with Gasteiger partial charge >= 0.3 is 5.69 Å². The lowest BCUT2D eigenvalue weighted by Crippen LogP contribution is -2.52. The Morgan fingerprint density at radius 1 is 1.06 bits per heavy atom. The molecule has 2 aliphatic rings. The summed E-state index contributed by atoms with van der Waals surface area (Å²) < 4.78 is 10.1. The van der Waals surface area contributed by atoms with Crippen LogP contribution < -0.4 is 20.9 Å². The van der Waals surface area contributed by atoms with Gasteiger partial charge in [-0.1, -0.05) is 12.1 Å². The van der Waals surface area contributed by atoms with E-state index in [1.54, 1.807) is 22.6 Å². The molecule has 11 heteroatoms. The van der Waals surface area contributed by atoms with Gasteiger partial charge in [0.05, 0.1) is 18.6 Å². The summed E-state index contributed by atoms with van der Waals surface area (Å²) in [6.45, 7) is 2.00. The Hall–Kier alpha value is -3.89. The zero-order valence-corrected chi connectivity index (χ0v) is 20.6. The fraction of sp³-hybridized carbons (Fsp3) is 0.480. The van der Waals surface area contributed by atoms with E-state index in [0.717, 1.165) is 36.9 Å². The summed E-state index contributed by atoms with van der Waals surface area (Å²) in [5.74, 6) is 0.331. The molecular weight excluding hydrogens is 464 g/mol. The van der Waals surface area contributed by atoms with Crippen LogP contribution in [0.2, 0.25) is 0 Å². The molecule has 0 spiro atoms. The maximum absolute atomic E-state index is 13.3. The van der Waals surface area contributed by atoms with Crippen LogP contribution in [0.3, 0.4) is 0 Å². The van der Waals surface area contributed by atoms with Crippen LogP contribution in [-0.2, 0) is 30.2 Å². The number of rotatable bonds is 5. The first-order valence-corrected chi connectivity index (χ1v) is 12.3. The van der Waals surface area contributed by atoms with Gasteiger partial charge < -0.3 is 19.1 Å². The fourth-order valence-corrected chi connectivity index (χ4v) is 5.02. The van der Waals surface area contributed by atoms with Crippen LogP contribution in [0.1, 0.15) is 32.1 Å². The van der Waals surface area contributed by atoms with E-state index in [2.05, 4.69) is 4.98 Å². The first-order valence-electron chi connectivity index (χ1n) is 12.3. The maximum Gasteiger partial charge on any atom is 0.332 e. The number of aryl methyl sites for hydroxylation is 2. The average Bonchev–Trinajstić information content (AvgIpc) is 3.34. The topological polar surface area (TPSA) is 112 Å². The van der Waals surface area contributed by atoms with E-state index < -0.39 is 17.4 Å². The van der Waals surface area contributed by atoms with Crippen molar-refractivity contribution in [2.45, 2.75) is 44.8 Å². The smallest absolute Gasteiger partial charge is 0.332 e. The van der Waals surface area contributed by atoms with Gasteiger partial charge in [0.15, 0.2) is 17.3 Å². The Morgan fingerprint density at radius 3 is 2.58 bits per heavy atom. The predicted molar refractivity (Wildman–Crippen MR) is 133 cm³/mol. The second-order valence-electron chi connectivity index (χ2n) is 9.38. The van der Waals surface area contributed by atoms with Gasteiger partial charge in [-0.05, 0) is 37.8 Å². The third-order valence-electron chi connectivity index (χ3n) is 7.02. The molecule has 1 atom stereocenters. The molecule has 0 radical (unpaired) electrons. The van der Waals surface area contributed by atoms with Crippen LogP contribution in [-0.4, -0.2) is 61.1 Å². The van der Waals surface area contributed by atoms with Crippen molar-refractivity contribution in [3.63, 3.8) is 0 Å². The number of nitrogens with zero attached hydrogens (tertiary/aromatic N) is 6. The van der Waals surface area contributed by atoms with Gasteiger partial charge in [-0.2, -0.15) is 0 Å². The minimum Gasteiger partial charge on any atom is -0.476 e. The summed E-state index contributed by atoms with van der Waals surface area (Å²) in [6, 6.07) is 7.27. The number of aromatic nitrogens is 4. The average molecular weight is 495 g/mol.